The van der Waals surface area contributed by atoms with Gasteiger partial charge in [-0.15, -0.1) is 0 Å². The van der Waals surface area contributed by atoms with Crippen LogP contribution in [0.2, 0.25) is 0 Å². The number of hydrogen-bond acceptors (Lipinski definition) is 7. The van der Waals surface area contributed by atoms with E-state index in [4.69, 9.17) is 9.47 Å². The molecular weight excluding hydrogens is 498 g/mol. The number of ether oxygens (including phenoxy) is 2. The average molecular weight is 540 g/mol. The number of aromatic nitrogens is 2. The molecule has 0 bridgehead atoms. The quantitative estimate of drug-likeness (QED) is 0.346. The summed E-state index contributed by atoms with van der Waals surface area (Å²) in [5.41, 5.74) is 0.840. The van der Waals surface area contributed by atoms with E-state index in [0.29, 0.717) is 26.1 Å². The van der Waals surface area contributed by atoms with Crippen LogP contribution in [0.4, 0.5) is 4.79 Å². The number of alkyl carbamates (subject to hydrolysis) is 1. The lowest BCUT2D eigenvalue weighted by Gasteiger charge is -2.36. The molecule has 2 aromatic rings. The van der Waals surface area contributed by atoms with E-state index in [-0.39, 0.29) is 17.6 Å². The number of hydrogen-bond donors (Lipinski definition) is 1. The highest BCUT2D eigenvalue weighted by Crippen LogP contribution is 2.32. The van der Waals surface area contributed by atoms with Crippen LogP contribution in [0.5, 0.6) is 5.75 Å². The van der Waals surface area contributed by atoms with Crippen molar-refractivity contribution in [3.05, 3.63) is 48.0 Å². The maximum atomic E-state index is 13.4. The van der Waals surface area contributed by atoms with Gasteiger partial charge in [0.05, 0.1) is 18.6 Å². The van der Waals surface area contributed by atoms with E-state index < -0.39 is 17.7 Å². The van der Waals surface area contributed by atoms with Crippen molar-refractivity contribution >= 4 is 17.8 Å². The van der Waals surface area contributed by atoms with Crippen molar-refractivity contribution in [1.29, 1.82) is 0 Å². The molecule has 1 saturated heterocycles. The third-order valence-electron chi connectivity index (χ3n) is 6.82. The van der Waals surface area contributed by atoms with E-state index in [9.17, 15) is 14.4 Å². The van der Waals surface area contributed by atoms with Gasteiger partial charge in [0.2, 0.25) is 5.91 Å². The predicted molar refractivity (Wildman–Crippen MR) is 147 cm³/mol. The van der Waals surface area contributed by atoms with Crippen LogP contribution < -0.4 is 10.1 Å². The van der Waals surface area contributed by atoms with Gasteiger partial charge in [-0.25, -0.2) is 9.78 Å². The molecule has 39 heavy (non-hydrogen) atoms. The Labute approximate surface area is 230 Å². The van der Waals surface area contributed by atoms with E-state index in [1.54, 1.807) is 27.1 Å². The molecule has 2 aliphatic rings. The van der Waals surface area contributed by atoms with Gasteiger partial charge in [-0.2, -0.15) is 0 Å². The maximum absolute atomic E-state index is 13.4. The van der Waals surface area contributed by atoms with E-state index in [0.717, 1.165) is 55.9 Å². The Hall–Kier alpha value is -3.40. The molecule has 1 atom stereocenters. The number of imidazole rings is 1. The van der Waals surface area contributed by atoms with Crippen LogP contribution in [0.3, 0.4) is 0 Å². The normalized spacial score (nSPS) is 17.0. The minimum Gasteiger partial charge on any atom is -0.494 e. The number of carbonyl (C=O) groups excluding carboxylic acids is 3. The molecule has 4 rings (SSSR count). The van der Waals surface area contributed by atoms with Gasteiger partial charge in [-0.1, -0.05) is 0 Å². The fraction of sp³-hybridized carbons (Fsp3) is 0.586. The van der Waals surface area contributed by atoms with Gasteiger partial charge >= 0.3 is 6.09 Å². The summed E-state index contributed by atoms with van der Waals surface area (Å²) in [7, 11) is 1.87. The molecule has 1 aromatic heterocycles. The molecule has 1 N–H and O–H groups in total. The van der Waals surface area contributed by atoms with Gasteiger partial charge in [-0.3, -0.25) is 14.5 Å². The largest absolute Gasteiger partial charge is 0.494 e. The van der Waals surface area contributed by atoms with Crippen LogP contribution in [-0.4, -0.2) is 88.1 Å². The molecule has 1 aliphatic heterocycles. The van der Waals surface area contributed by atoms with E-state index in [2.05, 4.69) is 15.2 Å². The van der Waals surface area contributed by atoms with Gasteiger partial charge in [0, 0.05) is 63.9 Å². The third-order valence-corrected chi connectivity index (χ3v) is 6.82. The number of ketones is 1. The summed E-state index contributed by atoms with van der Waals surface area (Å²) in [5.74, 6) is 1.11. The van der Waals surface area contributed by atoms with Gasteiger partial charge < -0.3 is 24.3 Å². The highest BCUT2D eigenvalue weighted by Gasteiger charge is 2.31. The number of carbonyl (C=O) groups is 3. The number of aryl methyl sites for hydroxylation is 1. The number of piperazine rings is 1. The Kier molecular flexibility index (Phi) is 9.27. The topological polar surface area (TPSA) is 106 Å². The minimum absolute atomic E-state index is 0.127. The van der Waals surface area contributed by atoms with E-state index in [1.165, 1.54) is 0 Å². The van der Waals surface area contributed by atoms with Crippen molar-refractivity contribution in [3.63, 3.8) is 0 Å². The van der Waals surface area contributed by atoms with E-state index in [1.807, 2.05) is 47.0 Å². The van der Waals surface area contributed by atoms with Crippen molar-refractivity contribution in [3.8, 4) is 5.75 Å². The lowest BCUT2D eigenvalue weighted by atomic mass is 10.1. The summed E-state index contributed by atoms with van der Waals surface area (Å²) in [4.78, 5) is 46.5. The number of Topliss-reactive ketones (excluding diaryl/α,β-unsaturated/α-hetero) is 1. The molecular formula is C29H41N5O5. The Balaban J connectivity index is 1.20. The SMILES string of the molecule is Cn1cnc(C[C@@H](NC(=O)OC(C)(C)C)C(=O)N2CCN(CCCOc3ccc(C(=O)C4CC4)cc3)CC2)c1. The van der Waals surface area contributed by atoms with Crippen LogP contribution in [0.25, 0.3) is 0 Å². The highest BCUT2D eigenvalue weighted by molar-refractivity contribution is 5.99. The summed E-state index contributed by atoms with van der Waals surface area (Å²) in [6.45, 7) is 9.52. The third kappa shape index (κ3) is 8.81. The molecule has 2 heterocycles. The van der Waals surface area contributed by atoms with Gasteiger partial charge in [0.1, 0.15) is 17.4 Å². The molecule has 0 radical (unpaired) electrons. The number of amides is 2. The van der Waals surface area contributed by atoms with Crippen molar-refractivity contribution in [1.82, 2.24) is 24.7 Å². The summed E-state index contributed by atoms with van der Waals surface area (Å²) >= 11 is 0. The monoisotopic (exact) mass is 539 g/mol. The number of nitrogens with zero attached hydrogens (tertiary/aromatic N) is 4. The fourth-order valence-corrected chi connectivity index (χ4v) is 4.62. The Morgan fingerprint density at radius 1 is 1.08 bits per heavy atom. The molecule has 10 heteroatoms. The first kappa shape index (κ1) is 28.6. The van der Waals surface area contributed by atoms with Crippen molar-refractivity contribution in [2.75, 3.05) is 39.3 Å². The standard InChI is InChI=1S/C29H41N5O5/c1-29(2,3)39-28(37)31-25(18-23-19-32(4)20-30-23)27(36)34-15-13-33(14-16-34)12-5-17-38-24-10-8-22(9-11-24)26(35)21-6-7-21/h8-11,19-21,25H,5-7,12-18H2,1-4H3,(H,31,37)/t25-/m1/s1. The molecule has 1 saturated carbocycles. The zero-order valence-electron chi connectivity index (χ0n) is 23.5. The summed E-state index contributed by atoms with van der Waals surface area (Å²) in [6, 6.07) is 6.69. The molecule has 2 fully saturated rings. The molecule has 10 nitrogen and oxygen atoms in total. The van der Waals surface area contributed by atoms with Gasteiger partial charge in [0.25, 0.3) is 0 Å². The van der Waals surface area contributed by atoms with Gasteiger partial charge in [-0.05, 0) is 64.3 Å². The van der Waals surface area contributed by atoms with Crippen molar-refractivity contribution in [2.24, 2.45) is 13.0 Å². The van der Waals surface area contributed by atoms with E-state index >= 15 is 0 Å². The Morgan fingerprint density at radius 3 is 2.36 bits per heavy atom. The van der Waals surface area contributed by atoms with Crippen LogP contribution in [0, 0.1) is 5.92 Å². The molecule has 212 valence electrons. The predicted octanol–water partition coefficient (Wildman–Crippen LogP) is 3.06. The molecule has 0 unspecified atom stereocenters. The minimum atomic E-state index is -0.749. The zero-order valence-corrected chi connectivity index (χ0v) is 23.5. The number of rotatable bonds is 11. The van der Waals surface area contributed by atoms with Gasteiger partial charge in [0.15, 0.2) is 5.78 Å². The smallest absolute Gasteiger partial charge is 0.408 e. The first-order chi connectivity index (χ1) is 18.6. The lowest BCUT2D eigenvalue weighted by Crippen LogP contribution is -2.56. The second-order valence-corrected chi connectivity index (χ2v) is 11.5. The Morgan fingerprint density at radius 2 is 1.77 bits per heavy atom. The van der Waals surface area contributed by atoms with Crippen LogP contribution >= 0.6 is 0 Å². The Bertz CT molecular complexity index is 1130. The first-order valence-electron chi connectivity index (χ1n) is 13.8. The molecule has 0 spiro atoms. The summed E-state index contributed by atoms with van der Waals surface area (Å²) < 4.78 is 13.1. The second-order valence-electron chi connectivity index (χ2n) is 11.5. The average Bonchev–Trinajstić information content (AvgIpc) is 3.66. The summed E-state index contributed by atoms with van der Waals surface area (Å²) in [6.07, 6.45) is 6.09. The molecule has 2 amide bonds. The highest BCUT2D eigenvalue weighted by atomic mass is 16.6. The number of nitrogens with one attached hydrogen (secondary N) is 1. The lowest BCUT2D eigenvalue weighted by molar-refractivity contribution is -0.135. The molecule has 1 aromatic carbocycles. The van der Waals surface area contributed by atoms with Crippen molar-refractivity contribution < 1.29 is 23.9 Å². The zero-order chi connectivity index (χ0) is 28.0. The van der Waals surface area contributed by atoms with Crippen molar-refractivity contribution in [2.45, 2.75) is 58.1 Å². The van der Waals surface area contributed by atoms with Crippen LogP contribution in [0.15, 0.2) is 36.8 Å². The molecule has 1 aliphatic carbocycles. The second kappa shape index (κ2) is 12.6. The summed E-state index contributed by atoms with van der Waals surface area (Å²) in [5, 5.41) is 2.76. The van der Waals surface area contributed by atoms with Crippen LogP contribution in [-0.2, 0) is 23.0 Å². The first-order valence-corrected chi connectivity index (χ1v) is 13.8. The van der Waals surface area contributed by atoms with Crippen LogP contribution in [0.1, 0.15) is 56.1 Å². The maximum Gasteiger partial charge on any atom is 0.408 e. The fourth-order valence-electron chi connectivity index (χ4n) is 4.62. The number of benzene rings is 1.